The van der Waals surface area contributed by atoms with Gasteiger partial charge in [0.05, 0.1) is 0 Å². The van der Waals surface area contributed by atoms with E-state index in [0.717, 1.165) is 10.4 Å². The molecule has 0 aliphatic heterocycles. The summed E-state index contributed by atoms with van der Waals surface area (Å²) in [6.07, 6.45) is 3.80. The van der Waals surface area contributed by atoms with Crippen LogP contribution in [0.3, 0.4) is 0 Å². The molecule has 0 fully saturated rings. The Morgan fingerprint density at radius 1 is 0.789 bits per heavy atom. The highest BCUT2D eigenvalue weighted by molar-refractivity contribution is 6.07. The highest BCUT2D eigenvalue weighted by atomic mass is 14.0. The molecule has 0 unspecified atom stereocenters. The summed E-state index contributed by atoms with van der Waals surface area (Å²) < 4.78 is 0. The van der Waals surface area contributed by atoms with Crippen LogP contribution in [0.5, 0.6) is 0 Å². The molecule has 0 saturated carbocycles. The van der Waals surface area contributed by atoms with Crippen LogP contribution in [0, 0.1) is 0 Å². The molecule has 0 aliphatic rings. The Kier molecular flexibility index (Phi) is 3.52. The molecule has 0 amide bonds. The van der Waals surface area contributed by atoms with Crippen molar-refractivity contribution in [3.63, 3.8) is 0 Å². The maximum Gasteiger partial charge on any atom is -0.00992 e. The topological polar surface area (TPSA) is 0 Å². The number of hydrogen-bond acceptors (Lipinski definition) is 0. The second-order valence-corrected chi connectivity index (χ2v) is 4.42. The van der Waals surface area contributed by atoms with Crippen LogP contribution in [0.25, 0.3) is 34.2 Å². The van der Waals surface area contributed by atoms with Gasteiger partial charge in [-0.25, -0.2) is 0 Å². The third-order valence-electron chi connectivity index (χ3n) is 3.37. The van der Waals surface area contributed by atoms with E-state index in [4.69, 9.17) is 0 Å². The minimum Gasteiger partial charge on any atom is -0.0990 e. The van der Waals surface area contributed by atoms with E-state index in [2.05, 4.69) is 61.7 Å². The molecule has 94 valence electrons. The molecule has 0 aliphatic carbocycles. The zero-order valence-corrected chi connectivity index (χ0v) is 10.2. The number of hydrogen-bond donors (Lipinski definition) is 0. The molecule has 0 heteroatoms. The number of rotatable bonds is 1. The second-order valence-electron chi connectivity index (χ2n) is 4.42. The van der Waals surface area contributed by atoms with Crippen LogP contribution in [0.1, 0.15) is 7.43 Å². The van der Waals surface area contributed by atoms with Crippen LogP contribution in [0.2, 0.25) is 0 Å². The molecule has 0 saturated heterocycles. The van der Waals surface area contributed by atoms with Gasteiger partial charge in [-0.05, 0) is 32.0 Å². The summed E-state index contributed by atoms with van der Waals surface area (Å²) in [6.45, 7) is 7.94. The smallest absolute Gasteiger partial charge is 0.00992 e. The summed E-state index contributed by atoms with van der Waals surface area (Å²) >= 11 is 0. The summed E-state index contributed by atoms with van der Waals surface area (Å²) in [7, 11) is 0. The first kappa shape index (κ1) is 13.1. The molecule has 0 bridgehead atoms. The van der Waals surface area contributed by atoms with E-state index in [1.165, 1.54) is 21.5 Å². The third kappa shape index (κ3) is 2.06. The zero-order valence-electron chi connectivity index (χ0n) is 10.2. The average Bonchev–Trinajstić information content (AvgIpc) is 2.42. The fourth-order valence-electron chi connectivity index (χ4n) is 2.45. The summed E-state index contributed by atoms with van der Waals surface area (Å²) in [4.78, 5) is 0. The molecule has 3 rings (SSSR count). The van der Waals surface area contributed by atoms with Gasteiger partial charge < -0.3 is 0 Å². The van der Waals surface area contributed by atoms with Gasteiger partial charge >= 0.3 is 0 Å². The number of allylic oxidation sites excluding steroid dienone is 1. The van der Waals surface area contributed by atoms with Crippen molar-refractivity contribution < 1.29 is 0 Å². The Hall–Kier alpha value is -2.34. The van der Waals surface area contributed by atoms with E-state index >= 15 is 0 Å². The Bertz CT molecular complexity index is 854. The highest BCUT2D eigenvalue weighted by Crippen LogP contribution is 2.22. The van der Waals surface area contributed by atoms with E-state index in [1.54, 1.807) is 6.08 Å². The van der Waals surface area contributed by atoms with Crippen LogP contribution in [0.4, 0.5) is 0 Å². The van der Waals surface area contributed by atoms with Crippen molar-refractivity contribution in [2.45, 2.75) is 7.43 Å². The monoisotopic (exact) mass is 246 g/mol. The lowest BCUT2D eigenvalue weighted by Crippen LogP contribution is -2.23. The van der Waals surface area contributed by atoms with Gasteiger partial charge in [0, 0.05) is 0 Å². The minimum atomic E-state index is 0. The van der Waals surface area contributed by atoms with Gasteiger partial charge in [-0.3, -0.25) is 0 Å². The van der Waals surface area contributed by atoms with Crippen molar-refractivity contribution in [3.05, 3.63) is 71.6 Å². The Labute approximate surface area is 114 Å². The van der Waals surface area contributed by atoms with Gasteiger partial charge in [0.25, 0.3) is 0 Å². The van der Waals surface area contributed by atoms with Crippen molar-refractivity contribution in [2.75, 3.05) is 0 Å². The largest absolute Gasteiger partial charge is 0.0990 e. The second kappa shape index (κ2) is 5.11. The van der Waals surface area contributed by atoms with Gasteiger partial charge in [-0.2, -0.15) is 0 Å². The van der Waals surface area contributed by atoms with Crippen LogP contribution in [-0.4, -0.2) is 0 Å². The maximum atomic E-state index is 4.20. The summed E-state index contributed by atoms with van der Waals surface area (Å²) in [5.41, 5.74) is 0. The standard InChI is InChI=1S/C18H14.CH4/c1-3-6-14-9-12-18-16(13(14)2)11-10-15-7-4-5-8-17(15)18;/h3-12H,1-2H2;1H4/b14-6-;. The quantitative estimate of drug-likeness (QED) is 0.569. The van der Waals surface area contributed by atoms with Crippen LogP contribution in [-0.2, 0) is 0 Å². The molecular weight excluding hydrogens is 228 g/mol. The molecule has 0 aromatic heterocycles. The summed E-state index contributed by atoms with van der Waals surface area (Å²) in [5.74, 6) is 0. The molecule has 0 spiro atoms. The predicted molar refractivity (Wildman–Crippen MR) is 87.6 cm³/mol. The molecule has 19 heavy (non-hydrogen) atoms. The predicted octanol–water partition coefficient (Wildman–Crippen LogP) is 4.01. The molecule has 3 aromatic rings. The highest BCUT2D eigenvalue weighted by Gasteiger charge is 2.00. The fourth-order valence-corrected chi connectivity index (χ4v) is 2.45. The lowest BCUT2D eigenvalue weighted by atomic mass is 10.00. The first-order valence-electron chi connectivity index (χ1n) is 6.03. The van der Waals surface area contributed by atoms with E-state index in [1.807, 2.05) is 6.08 Å². The summed E-state index contributed by atoms with van der Waals surface area (Å²) in [6, 6.07) is 17.0. The lowest BCUT2D eigenvalue weighted by molar-refractivity contribution is 1.61. The van der Waals surface area contributed by atoms with Crippen LogP contribution >= 0.6 is 0 Å². The summed E-state index contributed by atoms with van der Waals surface area (Å²) in [5, 5.41) is 7.23. The van der Waals surface area contributed by atoms with E-state index in [9.17, 15) is 0 Å². The SMILES string of the molecule is C.C=C/C=c1/ccc2c(ccc3ccccc32)c1=C. The Morgan fingerprint density at radius 2 is 1.53 bits per heavy atom. The van der Waals surface area contributed by atoms with Gasteiger partial charge in [0.2, 0.25) is 0 Å². The molecule has 0 atom stereocenters. The first-order valence-corrected chi connectivity index (χ1v) is 6.03. The first-order chi connectivity index (χ1) is 8.81. The van der Waals surface area contributed by atoms with Crippen molar-refractivity contribution >= 4 is 34.2 Å². The third-order valence-corrected chi connectivity index (χ3v) is 3.37. The van der Waals surface area contributed by atoms with Crippen molar-refractivity contribution in [2.24, 2.45) is 0 Å². The molecule has 0 N–H and O–H groups in total. The maximum absolute atomic E-state index is 4.20. The van der Waals surface area contributed by atoms with E-state index < -0.39 is 0 Å². The van der Waals surface area contributed by atoms with Gasteiger partial charge in [-0.1, -0.05) is 81.3 Å². The zero-order chi connectivity index (χ0) is 12.5. The number of benzene rings is 3. The lowest BCUT2D eigenvalue weighted by Gasteiger charge is -2.04. The van der Waals surface area contributed by atoms with Crippen molar-refractivity contribution in [1.82, 2.24) is 0 Å². The normalized spacial score (nSPS) is 11.5. The van der Waals surface area contributed by atoms with E-state index in [0.29, 0.717) is 0 Å². The average molecular weight is 246 g/mol. The molecule has 3 aromatic carbocycles. The van der Waals surface area contributed by atoms with Crippen LogP contribution < -0.4 is 10.4 Å². The molecule has 0 nitrogen and oxygen atoms in total. The molecular formula is C19H18. The van der Waals surface area contributed by atoms with Crippen molar-refractivity contribution in [3.8, 4) is 0 Å². The van der Waals surface area contributed by atoms with Gasteiger partial charge in [0.15, 0.2) is 0 Å². The minimum absolute atomic E-state index is 0. The van der Waals surface area contributed by atoms with E-state index in [-0.39, 0.29) is 7.43 Å². The van der Waals surface area contributed by atoms with Crippen molar-refractivity contribution in [1.29, 1.82) is 0 Å². The Balaban J connectivity index is 0.00000133. The van der Waals surface area contributed by atoms with Gasteiger partial charge in [-0.15, -0.1) is 0 Å². The Morgan fingerprint density at radius 3 is 2.32 bits per heavy atom. The molecule has 0 heterocycles. The molecule has 0 radical (unpaired) electrons. The van der Waals surface area contributed by atoms with Gasteiger partial charge in [0.1, 0.15) is 0 Å². The van der Waals surface area contributed by atoms with Crippen LogP contribution in [0.15, 0.2) is 61.2 Å². The number of fused-ring (bicyclic) bond motifs is 3. The fraction of sp³-hybridized carbons (Fsp3) is 0.0526.